The first-order valence-corrected chi connectivity index (χ1v) is 8.82. The van der Waals surface area contributed by atoms with Crippen molar-refractivity contribution in [3.05, 3.63) is 54.1 Å². The monoisotopic (exact) mass is 354 g/mol. The molecule has 2 aliphatic rings. The lowest BCUT2D eigenvalue weighted by molar-refractivity contribution is -0.147. The van der Waals surface area contributed by atoms with Crippen molar-refractivity contribution in [1.29, 1.82) is 0 Å². The molecule has 0 aliphatic carbocycles. The fourth-order valence-electron chi connectivity index (χ4n) is 4.25. The Morgan fingerprint density at radius 1 is 1.35 bits per heavy atom. The summed E-state index contributed by atoms with van der Waals surface area (Å²) in [7, 11) is 1.41. The van der Waals surface area contributed by atoms with E-state index in [1.807, 2.05) is 35.2 Å². The quantitative estimate of drug-likeness (QED) is 0.839. The lowest BCUT2D eigenvalue weighted by Gasteiger charge is -2.39. The third-order valence-electron chi connectivity index (χ3n) is 5.29. The number of hydrogen-bond donors (Lipinski definition) is 1. The van der Waals surface area contributed by atoms with E-state index in [9.17, 15) is 9.59 Å². The van der Waals surface area contributed by atoms with Crippen molar-refractivity contribution >= 4 is 11.9 Å². The van der Waals surface area contributed by atoms with E-state index in [1.54, 1.807) is 12.4 Å². The van der Waals surface area contributed by atoms with Crippen LogP contribution in [-0.2, 0) is 20.9 Å². The van der Waals surface area contributed by atoms with Gasteiger partial charge in [0.2, 0.25) is 5.91 Å². The molecular weight excluding hydrogens is 332 g/mol. The van der Waals surface area contributed by atoms with E-state index in [2.05, 4.69) is 14.9 Å². The van der Waals surface area contributed by atoms with Gasteiger partial charge in [0.1, 0.15) is 5.82 Å². The van der Waals surface area contributed by atoms with Crippen LogP contribution in [0.1, 0.15) is 23.9 Å². The predicted octanol–water partition coefficient (Wildman–Crippen LogP) is 1.36. The summed E-state index contributed by atoms with van der Waals surface area (Å²) in [5.41, 5.74) is 0.984. The van der Waals surface area contributed by atoms with E-state index in [4.69, 9.17) is 4.74 Å². The summed E-state index contributed by atoms with van der Waals surface area (Å²) in [6.07, 6.45) is 4.11. The Kier molecular flexibility index (Phi) is 4.46. The van der Waals surface area contributed by atoms with Crippen LogP contribution >= 0.6 is 0 Å². The van der Waals surface area contributed by atoms with E-state index < -0.39 is 0 Å². The normalized spacial score (nSPS) is 26.0. The molecule has 7 heteroatoms. The number of benzene rings is 1. The van der Waals surface area contributed by atoms with Crippen molar-refractivity contribution in [3.8, 4) is 0 Å². The summed E-state index contributed by atoms with van der Waals surface area (Å²) >= 11 is 0. The summed E-state index contributed by atoms with van der Waals surface area (Å²) in [6, 6.07) is 9.51. The van der Waals surface area contributed by atoms with Crippen LogP contribution in [0.2, 0.25) is 0 Å². The highest BCUT2D eigenvalue weighted by Gasteiger charge is 2.50. The number of nitrogens with zero attached hydrogens (tertiary/aromatic N) is 3. The number of aromatic nitrogens is 2. The van der Waals surface area contributed by atoms with Gasteiger partial charge in [-0.05, 0) is 12.0 Å². The molecule has 1 aromatic heterocycles. The molecular formula is C19H22N4O3. The Bertz CT molecular complexity index is 777. The van der Waals surface area contributed by atoms with Gasteiger partial charge in [0.05, 0.1) is 32.2 Å². The number of H-pyrrole nitrogens is 1. The second-order valence-electron chi connectivity index (χ2n) is 6.88. The minimum Gasteiger partial charge on any atom is -0.469 e. The van der Waals surface area contributed by atoms with Gasteiger partial charge >= 0.3 is 5.97 Å². The molecule has 2 fully saturated rings. The van der Waals surface area contributed by atoms with E-state index >= 15 is 0 Å². The molecule has 3 atom stereocenters. The van der Waals surface area contributed by atoms with Crippen LogP contribution in [0.4, 0.5) is 0 Å². The van der Waals surface area contributed by atoms with Crippen LogP contribution in [0.5, 0.6) is 0 Å². The van der Waals surface area contributed by atoms with Crippen LogP contribution in [0, 0.1) is 5.92 Å². The summed E-state index contributed by atoms with van der Waals surface area (Å²) in [5.74, 6) is 0.306. The molecule has 1 amide bonds. The van der Waals surface area contributed by atoms with Crippen LogP contribution in [-0.4, -0.2) is 57.9 Å². The highest BCUT2D eigenvalue weighted by molar-refractivity contribution is 5.83. The highest BCUT2D eigenvalue weighted by Crippen LogP contribution is 2.43. The van der Waals surface area contributed by atoms with E-state index in [0.717, 1.165) is 17.9 Å². The number of methoxy groups -OCH3 is 1. The second kappa shape index (κ2) is 6.92. The Hall–Kier alpha value is -2.67. The average Bonchev–Trinajstić information content (AvgIpc) is 3.29. The molecule has 2 saturated heterocycles. The zero-order valence-corrected chi connectivity index (χ0v) is 14.7. The van der Waals surface area contributed by atoms with Gasteiger partial charge in [-0.25, -0.2) is 4.98 Å². The second-order valence-corrected chi connectivity index (χ2v) is 6.88. The standard InChI is InChI=1S/C19H22N4O3/c1-26-19(25)15-9-14-10-22(11-16-20-7-8-21-16)12-17(24)23(14)18(15)13-5-3-2-4-6-13/h2-8,14-15,18H,9-12H2,1H3,(H,20,21)/t14-,15-,18-/m0/s1. The molecule has 26 heavy (non-hydrogen) atoms. The molecule has 0 unspecified atom stereocenters. The molecule has 0 spiro atoms. The number of amides is 1. The summed E-state index contributed by atoms with van der Waals surface area (Å²) < 4.78 is 5.03. The molecule has 0 radical (unpaired) electrons. The molecule has 1 aromatic carbocycles. The van der Waals surface area contributed by atoms with Gasteiger partial charge in [0.15, 0.2) is 0 Å². The lowest BCUT2D eigenvalue weighted by atomic mass is 9.93. The highest BCUT2D eigenvalue weighted by atomic mass is 16.5. The van der Waals surface area contributed by atoms with Crippen molar-refractivity contribution in [1.82, 2.24) is 19.8 Å². The average molecular weight is 354 g/mol. The largest absolute Gasteiger partial charge is 0.469 e. The topological polar surface area (TPSA) is 78.5 Å². The van der Waals surface area contributed by atoms with Crippen molar-refractivity contribution in [2.75, 3.05) is 20.2 Å². The SMILES string of the molecule is COC(=O)[C@H]1C[C@H]2CN(Cc3ncc[nH]3)CC(=O)N2[C@H]1c1ccccc1. The number of rotatable bonds is 4. The van der Waals surface area contributed by atoms with Crippen molar-refractivity contribution in [2.45, 2.75) is 25.0 Å². The minimum atomic E-state index is -0.333. The fourth-order valence-corrected chi connectivity index (χ4v) is 4.25. The number of piperazine rings is 1. The summed E-state index contributed by atoms with van der Waals surface area (Å²) in [6.45, 7) is 1.65. The predicted molar refractivity (Wildman–Crippen MR) is 93.8 cm³/mol. The Balaban J connectivity index is 1.60. The molecule has 0 saturated carbocycles. The fraction of sp³-hybridized carbons (Fsp3) is 0.421. The molecule has 3 heterocycles. The maximum Gasteiger partial charge on any atom is 0.311 e. The molecule has 2 aliphatic heterocycles. The molecule has 136 valence electrons. The van der Waals surface area contributed by atoms with Crippen molar-refractivity contribution in [3.63, 3.8) is 0 Å². The van der Waals surface area contributed by atoms with E-state index in [-0.39, 0.29) is 29.9 Å². The zero-order valence-electron chi connectivity index (χ0n) is 14.7. The first-order valence-electron chi connectivity index (χ1n) is 8.82. The van der Waals surface area contributed by atoms with E-state index in [1.165, 1.54) is 7.11 Å². The molecule has 4 rings (SSSR count). The van der Waals surface area contributed by atoms with Gasteiger partial charge < -0.3 is 14.6 Å². The summed E-state index contributed by atoms with van der Waals surface area (Å²) in [5, 5.41) is 0. The first kappa shape index (κ1) is 16.8. The number of carbonyl (C=O) groups excluding carboxylic acids is 2. The van der Waals surface area contributed by atoms with Gasteiger partial charge in [-0.3, -0.25) is 14.5 Å². The number of ether oxygens (including phenoxy) is 1. The number of nitrogens with one attached hydrogen (secondary N) is 1. The zero-order chi connectivity index (χ0) is 18.1. The lowest BCUT2D eigenvalue weighted by Crippen LogP contribution is -2.54. The van der Waals surface area contributed by atoms with Crippen molar-refractivity contribution in [2.24, 2.45) is 5.92 Å². The molecule has 7 nitrogen and oxygen atoms in total. The van der Waals surface area contributed by atoms with Gasteiger partial charge in [0.25, 0.3) is 0 Å². The third kappa shape index (κ3) is 2.99. The molecule has 2 aromatic rings. The molecule has 1 N–H and O–H groups in total. The Morgan fingerprint density at radius 3 is 2.85 bits per heavy atom. The van der Waals surface area contributed by atoms with Gasteiger partial charge in [0, 0.05) is 25.0 Å². The van der Waals surface area contributed by atoms with E-state index in [0.29, 0.717) is 19.5 Å². The van der Waals surface area contributed by atoms with Crippen LogP contribution in [0.25, 0.3) is 0 Å². The van der Waals surface area contributed by atoms with Gasteiger partial charge in [-0.2, -0.15) is 0 Å². The Labute approximate surface area is 152 Å². The first-order chi connectivity index (χ1) is 12.7. The number of hydrogen-bond acceptors (Lipinski definition) is 5. The number of imidazole rings is 1. The van der Waals surface area contributed by atoms with Crippen LogP contribution in [0.3, 0.4) is 0 Å². The Morgan fingerprint density at radius 2 is 2.15 bits per heavy atom. The van der Waals surface area contributed by atoms with Crippen LogP contribution in [0.15, 0.2) is 42.7 Å². The minimum absolute atomic E-state index is 0.000480. The number of aromatic amines is 1. The van der Waals surface area contributed by atoms with Crippen molar-refractivity contribution < 1.29 is 14.3 Å². The third-order valence-corrected chi connectivity index (χ3v) is 5.29. The summed E-state index contributed by atoms with van der Waals surface area (Å²) in [4.78, 5) is 36.7. The number of carbonyl (C=O) groups is 2. The number of esters is 1. The number of fused-ring (bicyclic) bond motifs is 1. The smallest absolute Gasteiger partial charge is 0.311 e. The maximum absolute atomic E-state index is 13.0. The maximum atomic E-state index is 13.0. The van der Waals surface area contributed by atoms with Crippen LogP contribution < -0.4 is 0 Å². The van der Waals surface area contributed by atoms with Gasteiger partial charge in [-0.15, -0.1) is 0 Å². The molecule has 0 bridgehead atoms. The van der Waals surface area contributed by atoms with Gasteiger partial charge in [-0.1, -0.05) is 30.3 Å².